The molecule has 0 aromatic heterocycles. The fraction of sp³-hybridized carbons (Fsp3) is 0.316. The first-order valence-corrected chi connectivity index (χ1v) is 9.58. The molecule has 2 rings (SSSR count). The summed E-state index contributed by atoms with van der Waals surface area (Å²) in [6, 6.07) is 8.22. The maximum atomic E-state index is 12.7. The Morgan fingerprint density at radius 2 is 1.80 bits per heavy atom. The number of carbonyl (C=O) groups is 1. The topological polar surface area (TPSA) is 70.8 Å². The average Bonchev–Trinajstić information content (AvgIpc) is 2.64. The van der Waals surface area contributed by atoms with Crippen LogP contribution in [0.2, 0.25) is 0 Å². The minimum Gasteiger partial charge on any atom is -0.469 e. The van der Waals surface area contributed by atoms with E-state index < -0.39 is 24.5 Å². The molecule has 164 valence electrons. The molecule has 2 aromatic carbocycles. The van der Waals surface area contributed by atoms with E-state index in [0.29, 0.717) is 28.6 Å². The molecule has 0 saturated heterocycles. The second kappa shape index (κ2) is 10.4. The number of rotatable bonds is 9. The Bertz CT molecular complexity index is 876. The van der Waals surface area contributed by atoms with Crippen LogP contribution in [0.25, 0.3) is 0 Å². The van der Waals surface area contributed by atoms with Crippen LogP contribution in [0.4, 0.5) is 27.6 Å². The second-order valence-corrected chi connectivity index (χ2v) is 6.98. The Balaban J connectivity index is 2.32. The maximum Gasteiger partial charge on any atom is 0.397 e. The van der Waals surface area contributed by atoms with E-state index in [1.165, 1.54) is 43.5 Å². The predicted molar refractivity (Wildman–Crippen MR) is 102 cm³/mol. The number of ether oxygens (including phenoxy) is 3. The molecule has 0 amide bonds. The molecule has 0 unspecified atom stereocenters. The quantitative estimate of drug-likeness (QED) is 0.322. The zero-order valence-electron chi connectivity index (χ0n) is 15.7. The van der Waals surface area contributed by atoms with Crippen molar-refractivity contribution in [2.45, 2.75) is 25.0 Å². The minimum absolute atomic E-state index is 0.0766. The van der Waals surface area contributed by atoms with E-state index in [4.69, 9.17) is 10.5 Å². The van der Waals surface area contributed by atoms with Gasteiger partial charge in [-0.3, -0.25) is 4.79 Å². The van der Waals surface area contributed by atoms with Gasteiger partial charge in [0.2, 0.25) is 0 Å². The molecule has 2 aromatic rings. The van der Waals surface area contributed by atoms with Gasteiger partial charge < -0.3 is 19.9 Å². The van der Waals surface area contributed by atoms with Crippen LogP contribution in [-0.4, -0.2) is 31.6 Å². The van der Waals surface area contributed by atoms with Crippen LogP contribution in [0.15, 0.2) is 36.4 Å². The van der Waals surface area contributed by atoms with Gasteiger partial charge in [-0.15, -0.1) is 11.8 Å². The molecule has 0 bridgehead atoms. The summed E-state index contributed by atoms with van der Waals surface area (Å²) in [7, 11) is 1.20. The van der Waals surface area contributed by atoms with Crippen LogP contribution in [-0.2, 0) is 21.7 Å². The van der Waals surface area contributed by atoms with Crippen molar-refractivity contribution in [1.29, 1.82) is 0 Å². The molecule has 0 aliphatic rings. The van der Waals surface area contributed by atoms with E-state index in [0.717, 1.165) is 0 Å². The summed E-state index contributed by atoms with van der Waals surface area (Å²) in [5.74, 6) is -2.02. The number of halogens is 5. The second-order valence-electron chi connectivity index (χ2n) is 5.99. The van der Waals surface area contributed by atoms with Crippen LogP contribution in [0.1, 0.15) is 11.1 Å². The summed E-state index contributed by atoms with van der Waals surface area (Å²) in [4.78, 5) is 11.5. The lowest BCUT2D eigenvalue weighted by Gasteiger charge is -2.16. The molecule has 0 spiro atoms. The zero-order chi connectivity index (χ0) is 22.3. The summed E-state index contributed by atoms with van der Waals surface area (Å²) in [6.45, 7) is -3.13. The van der Waals surface area contributed by atoms with E-state index in [1.54, 1.807) is 0 Å². The molecule has 0 atom stereocenters. The predicted octanol–water partition coefficient (Wildman–Crippen LogP) is 5.17. The van der Waals surface area contributed by atoms with Gasteiger partial charge in [0.05, 0.1) is 19.3 Å². The van der Waals surface area contributed by atoms with Gasteiger partial charge >= 0.3 is 18.8 Å². The van der Waals surface area contributed by atoms with Crippen molar-refractivity contribution in [1.82, 2.24) is 0 Å². The van der Waals surface area contributed by atoms with E-state index in [2.05, 4.69) is 9.47 Å². The summed E-state index contributed by atoms with van der Waals surface area (Å²) in [5.41, 5.74) is 6.75. The molecule has 0 fully saturated rings. The molecule has 30 heavy (non-hydrogen) atoms. The van der Waals surface area contributed by atoms with Crippen LogP contribution in [0, 0.1) is 0 Å². The first kappa shape index (κ1) is 23.6. The number of nitrogens with two attached hydrogens (primary N) is 1. The fourth-order valence-electron chi connectivity index (χ4n) is 2.38. The van der Waals surface area contributed by atoms with Crippen molar-refractivity contribution < 1.29 is 41.0 Å². The molecule has 2 N–H and O–H groups in total. The SMILES string of the molecule is COC(=O)Cc1ccc(OC(F)F)c(Oc2ccc(N)cc2CSCC(F)(F)F)c1. The molecule has 0 aliphatic heterocycles. The van der Waals surface area contributed by atoms with E-state index in [1.807, 2.05) is 0 Å². The van der Waals surface area contributed by atoms with Crippen LogP contribution in [0.5, 0.6) is 17.2 Å². The Hall–Kier alpha value is -2.69. The van der Waals surface area contributed by atoms with Gasteiger partial charge in [-0.25, -0.2) is 0 Å². The monoisotopic (exact) mass is 451 g/mol. The summed E-state index contributed by atoms with van der Waals surface area (Å²) in [6.07, 6.45) is -4.48. The molecular weight excluding hydrogens is 433 g/mol. The molecular formula is C19H18F5NO4S. The van der Waals surface area contributed by atoms with Crippen LogP contribution in [0.3, 0.4) is 0 Å². The molecule has 5 nitrogen and oxygen atoms in total. The van der Waals surface area contributed by atoms with Gasteiger partial charge in [0.1, 0.15) is 5.75 Å². The van der Waals surface area contributed by atoms with Crippen molar-refractivity contribution in [3.63, 3.8) is 0 Å². The fourth-order valence-corrected chi connectivity index (χ4v) is 3.16. The molecule has 0 aliphatic carbocycles. The highest BCUT2D eigenvalue weighted by molar-refractivity contribution is 7.98. The Morgan fingerprint density at radius 1 is 1.10 bits per heavy atom. The number of hydrogen-bond acceptors (Lipinski definition) is 6. The largest absolute Gasteiger partial charge is 0.469 e. The van der Waals surface area contributed by atoms with E-state index in [9.17, 15) is 26.7 Å². The lowest BCUT2D eigenvalue weighted by atomic mass is 10.1. The summed E-state index contributed by atoms with van der Waals surface area (Å²) < 4.78 is 77.5. The van der Waals surface area contributed by atoms with E-state index in [-0.39, 0.29) is 29.4 Å². The number of thioether (sulfide) groups is 1. The Morgan fingerprint density at radius 3 is 2.43 bits per heavy atom. The van der Waals surface area contributed by atoms with Crippen LogP contribution >= 0.6 is 11.8 Å². The smallest absolute Gasteiger partial charge is 0.397 e. The van der Waals surface area contributed by atoms with Gasteiger partial charge in [0, 0.05) is 17.0 Å². The highest BCUT2D eigenvalue weighted by atomic mass is 32.2. The third-order valence-corrected chi connectivity index (χ3v) is 4.67. The number of carbonyl (C=O) groups excluding carboxylic acids is 1. The van der Waals surface area contributed by atoms with Gasteiger partial charge in [-0.1, -0.05) is 6.07 Å². The number of benzene rings is 2. The summed E-state index contributed by atoms with van der Waals surface area (Å²) >= 11 is 0.603. The first-order valence-electron chi connectivity index (χ1n) is 8.42. The molecule has 0 heterocycles. The van der Waals surface area contributed by atoms with Crippen molar-refractivity contribution in [3.8, 4) is 17.2 Å². The highest BCUT2D eigenvalue weighted by Crippen LogP contribution is 2.37. The lowest BCUT2D eigenvalue weighted by molar-refractivity contribution is -0.139. The minimum atomic E-state index is -4.34. The number of esters is 1. The lowest BCUT2D eigenvalue weighted by Crippen LogP contribution is -2.11. The molecule has 11 heteroatoms. The van der Waals surface area contributed by atoms with Gasteiger partial charge in [-0.2, -0.15) is 22.0 Å². The zero-order valence-corrected chi connectivity index (χ0v) is 16.5. The van der Waals surface area contributed by atoms with Gasteiger partial charge in [0.15, 0.2) is 11.5 Å². The number of methoxy groups -OCH3 is 1. The summed E-state index contributed by atoms with van der Waals surface area (Å²) in [5, 5.41) is 0. The normalized spacial score (nSPS) is 11.4. The maximum absolute atomic E-state index is 12.7. The standard InChI is InChI=1S/C19H18F5NO4S/c1-27-17(26)7-11-2-4-15(29-18(20)21)16(6-11)28-14-5-3-13(25)8-12(14)9-30-10-19(22,23)24/h2-6,8,18H,7,9-10,25H2,1H3. The third kappa shape index (κ3) is 7.62. The van der Waals surface area contributed by atoms with Crippen molar-refractivity contribution in [3.05, 3.63) is 47.5 Å². The number of anilines is 1. The first-order chi connectivity index (χ1) is 14.1. The van der Waals surface area contributed by atoms with E-state index >= 15 is 0 Å². The Labute approximate surface area is 173 Å². The highest BCUT2D eigenvalue weighted by Gasteiger charge is 2.27. The van der Waals surface area contributed by atoms with Crippen LogP contribution < -0.4 is 15.2 Å². The third-order valence-electron chi connectivity index (χ3n) is 3.63. The average molecular weight is 451 g/mol. The number of alkyl halides is 5. The van der Waals surface area contributed by atoms with Gasteiger partial charge in [-0.05, 0) is 35.9 Å². The molecule has 0 saturated carbocycles. The van der Waals surface area contributed by atoms with Gasteiger partial charge in [0.25, 0.3) is 0 Å². The Kier molecular flexibility index (Phi) is 8.16. The number of hydrogen-bond donors (Lipinski definition) is 1. The molecule has 0 radical (unpaired) electrons. The van der Waals surface area contributed by atoms with Crippen molar-refractivity contribution >= 4 is 23.4 Å². The van der Waals surface area contributed by atoms with Crippen molar-refractivity contribution in [2.24, 2.45) is 0 Å². The van der Waals surface area contributed by atoms with Crippen molar-refractivity contribution in [2.75, 3.05) is 18.6 Å². The number of nitrogen functional groups attached to an aromatic ring is 1.